The molecule has 1 atom stereocenters. The second kappa shape index (κ2) is 13.4. The molecule has 1 aromatic heterocycles. The van der Waals surface area contributed by atoms with Gasteiger partial charge in [-0.25, -0.2) is 9.98 Å². The van der Waals surface area contributed by atoms with Crippen molar-refractivity contribution in [2.45, 2.75) is 45.3 Å². The van der Waals surface area contributed by atoms with Crippen LogP contribution in [0.1, 0.15) is 38.7 Å². The van der Waals surface area contributed by atoms with Gasteiger partial charge in [0, 0.05) is 52.0 Å². The molecule has 9 heteroatoms. The lowest BCUT2D eigenvalue weighted by atomic mass is 10.1. The lowest BCUT2D eigenvalue weighted by Crippen LogP contribution is -2.52. The summed E-state index contributed by atoms with van der Waals surface area (Å²) >= 11 is 0. The molecule has 1 unspecified atom stereocenters. The van der Waals surface area contributed by atoms with Crippen molar-refractivity contribution in [2.75, 3.05) is 63.9 Å². The summed E-state index contributed by atoms with van der Waals surface area (Å²) in [6, 6.07) is 4.17. The van der Waals surface area contributed by atoms with Crippen LogP contribution in [0.25, 0.3) is 0 Å². The Kier molecular flexibility index (Phi) is 11.3. The molecule has 176 valence electrons. The normalized spacial score (nSPS) is 20.0. The molecule has 31 heavy (non-hydrogen) atoms. The first-order valence-electron chi connectivity index (χ1n) is 11.3. The zero-order valence-electron chi connectivity index (χ0n) is 19.0. The fraction of sp³-hybridized carbons (Fsp3) is 0.727. The van der Waals surface area contributed by atoms with Crippen LogP contribution in [0.15, 0.2) is 23.3 Å². The van der Waals surface area contributed by atoms with E-state index in [1.165, 1.54) is 19.3 Å². The SMILES string of the molecule is CCNC(=NCc1ccnc(N2CCCCC2)c1)NCC(C)(O)CN1CCOCC1.I. The van der Waals surface area contributed by atoms with E-state index in [0.29, 0.717) is 19.6 Å². The van der Waals surface area contributed by atoms with Gasteiger partial charge in [0.1, 0.15) is 5.82 Å². The number of morpholine rings is 1. The Morgan fingerprint density at radius 2 is 1.94 bits per heavy atom. The van der Waals surface area contributed by atoms with Crippen LogP contribution >= 0.6 is 24.0 Å². The second-order valence-corrected chi connectivity index (χ2v) is 8.50. The third-order valence-corrected chi connectivity index (χ3v) is 5.56. The minimum absolute atomic E-state index is 0. The number of β-amino-alcohol motifs (C(OH)–C–C–N with tert-alkyl or cyclic N) is 1. The van der Waals surface area contributed by atoms with E-state index < -0.39 is 5.60 Å². The number of halogens is 1. The van der Waals surface area contributed by atoms with Gasteiger partial charge in [-0.15, -0.1) is 24.0 Å². The van der Waals surface area contributed by atoms with E-state index in [0.717, 1.165) is 63.3 Å². The molecule has 0 aliphatic carbocycles. The van der Waals surface area contributed by atoms with Crippen molar-refractivity contribution >= 4 is 35.8 Å². The summed E-state index contributed by atoms with van der Waals surface area (Å²) in [6.07, 6.45) is 5.67. The summed E-state index contributed by atoms with van der Waals surface area (Å²) in [6.45, 7) is 11.7. The fourth-order valence-corrected chi connectivity index (χ4v) is 3.94. The first-order chi connectivity index (χ1) is 14.6. The predicted octanol–water partition coefficient (Wildman–Crippen LogP) is 1.83. The van der Waals surface area contributed by atoms with Crippen LogP contribution in [-0.2, 0) is 11.3 Å². The van der Waals surface area contributed by atoms with Crippen LogP contribution in [-0.4, -0.2) is 85.6 Å². The molecule has 0 spiro atoms. The van der Waals surface area contributed by atoms with Crippen molar-refractivity contribution < 1.29 is 9.84 Å². The van der Waals surface area contributed by atoms with E-state index in [2.05, 4.69) is 31.5 Å². The molecular formula is C22H39IN6O2. The monoisotopic (exact) mass is 546 g/mol. The second-order valence-electron chi connectivity index (χ2n) is 8.50. The number of anilines is 1. The quantitative estimate of drug-likeness (QED) is 0.261. The third kappa shape index (κ3) is 9.07. The molecule has 3 heterocycles. The molecule has 0 amide bonds. The molecule has 0 bridgehead atoms. The molecule has 3 N–H and O–H groups in total. The fourth-order valence-electron chi connectivity index (χ4n) is 3.94. The lowest BCUT2D eigenvalue weighted by Gasteiger charge is -2.34. The van der Waals surface area contributed by atoms with Gasteiger partial charge in [-0.3, -0.25) is 4.90 Å². The Hall–Kier alpha value is -1.17. The smallest absolute Gasteiger partial charge is 0.191 e. The number of piperidine rings is 1. The standard InChI is InChI=1S/C22H38N6O2.HI/c1-3-23-21(26-17-22(2,29)18-27-11-13-30-14-12-27)25-16-19-7-8-24-20(15-19)28-9-5-4-6-10-28;/h7-8,15,29H,3-6,9-14,16-18H2,1-2H3,(H2,23,25,26);1H. The van der Waals surface area contributed by atoms with E-state index in [4.69, 9.17) is 9.73 Å². The molecule has 1 aromatic rings. The summed E-state index contributed by atoms with van der Waals surface area (Å²) < 4.78 is 5.39. The minimum Gasteiger partial charge on any atom is -0.387 e. The van der Waals surface area contributed by atoms with E-state index in [-0.39, 0.29) is 24.0 Å². The van der Waals surface area contributed by atoms with E-state index >= 15 is 0 Å². The number of aromatic nitrogens is 1. The largest absolute Gasteiger partial charge is 0.387 e. The maximum atomic E-state index is 10.8. The van der Waals surface area contributed by atoms with Gasteiger partial charge >= 0.3 is 0 Å². The average molecular weight is 546 g/mol. The Morgan fingerprint density at radius 3 is 2.65 bits per heavy atom. The van der Waals surface area contributed by atoms with Crippen LogP contribution in [0.2, 0.25) is 0 Å². The maximum absolute atomic E-state index is 10.8. The molecule has 2 saturated heterocycles. The zero-order valence-corrected chi connectivity index (χ0v) is 21.3. The van der Waals surface area contributed by atoms with Gasteiger partial charge in [0.15, 0.2) is 5.96 Å². The maximum Gasteiger partial charge on any atom is 0.191 e. The molecule has 8 nitrogen and oxygen atoms in total. The van der Waals surface area contributed by atoms with Crippen molar-refractivity contribution in [3.63, 3.8) is 0 Å². The number of hydrogen-bond donors (Lipinski definition) is 3. The van der Waals surface area contributed by atoms with Crippen molar-refractivity contribution in [1.82, 2.24) is 20.5 Å². The Labute approximate surface area is 203 Å². The van der Waals surface area contributed by atoms with Gasteiger partial charge in [-0.05, 0) is 50.8 Å². The molecule has 2 fully saturated rings. The topological polar surface area (TPSA) is 85.2 Å². The number of nitrogens with zero attached hydrogens (tertiary/aromatic N) is 4. The zero-order chi connectivity index (χ0) is 21.2. The highest BCUT2D eigenvalue weighted by molar-refractivity contribution is 14.0. The summed E-state index contributed by atoms with van der Waals surface area (Å²) in [5, 5.41) is 17.4. The molecule has 2 aliphatic heterocycles. The van der Waals surface area contributed by atoms with Crippen LogP contribution < -0.4 is 15.5 Å². The van der Waals surface area contributed by atoms with Crippen molar-refractivity contribution in [3.05, 3.63) is 23.9 Å². The van der Waals surface area contributed by atoms with Crippen LogP contribution in [0.4, 0.5) is 5.82 Å². The number of ether oxygens (including phenoxy) is 1. The van der Waals surface area contributed by atoms with Crippen LogP contribution in [0, 0.1) is 0 Å². The van der Waals surface area contributed by atoms with Crippen LogP contribution in [0.5, 0.6) is 0 Å². The molecule has 0 radical (unpaired) electrons. The predicted molar refractivity (Wildman–Crippen MR) is 136 cm³/mol. The minimum atomic E-state index is -0.842. The molecule has 2 aliphatic rings. The number of rotatable bonds is 8. The number of guanidine groups is 1. The summed E-state index contributed by atoms with van der Waals surface area (Å²) in [5.41, 5.74) is 0.300. The van der Waals surface area contributed by atoms with Crippen LogP contribution in [0.3, 0.4) is 0 Å². The Bertz CT molecular complexity index is 676. The van der Waals surface area contributed by atoms with Crippen molar-refractivity contribution in [3.8, 4) is 0 Å². The summed E-state index contributed by atoms with van der Waals surface area (Å²) in [7, 11) is 0. The third-order valence-electron chi connectivity index (χ3n) is 5.56. The highest BCUT2D eigenvalue weighted by Crippen LogP contribution is 2.18. The van der Waals surface area contributed by atoms with E-state index in [1.807, 2.05) is 26.1 Å². The van der Waals surface area contributed by atoms with Crippen molar-refractivity contribution in [2.24, 2.45) is 4.99 Å². The van der Waals surface area contributed by atoms with Crippen molar-refractivity contribution in [1.29, 1.82) is 0 Å². The number of aliphatic imine (C=N–C) groups is 1. The first kappa shape index (κ1) is 26.1. The van der Waals surface area contributed by atoms with E-state index in [9.17, 15) is 5.11 Å². The van der Waals surface area contributed by atoms with Gasteiger partial charge in [-0.1, -0.05) is 0 Å². The van der Waals surface area contributed by atoms with E-state index in [1.54, 1.807) is 0 Å². The van der Waals surface area contributed by atoms with Gasteiger partial charge in [0.25, 0.3) is 0 Å². The number of hydrogen-bond acceptors (Lipinski definition) is 6. The number of nitrogens with one attached hydrogen (secondary N) is 2. The molecule has 3 rings (SSSR count). The average Bonchev–Trinajstić information content (AvgIpc) is 2.77. The Morgan fingerprint density at radius 1 is 1.19 bits per heavy atom. The molecular weight excluding hydrogens is 507 g/mol. The van der Waals surface area contributed by atoms with Gasteiger partial charge < -0.3 is 25.4 Å². The van der Waals surface area contributed by atoms with Gasteiger partial charge in [0.2, 0.25) is 0 Å². The summed E-state index contributed by atoms with van der Waals surface area (Å²) in [4.78, 5) is 13.9. The molecule has 0 aromatic carbocycles. The van der Waals surface area contributed by atoms with Gasteiger partial charge in [-0.2, -0.15) is 0 Å². The molecule has 0 saturated carbocycles. The highest BCUT2D eigenvalue weighted by atomic mass is 127. The number of pyridine rings is 1. The highest BCUT2D eigenvalue weighted by Gasteiger charge is 2.25. The first-order valence-corrected chi connectivity index (χ1v) is 11.3. The summed E-state index contributed by atoms with van der Waals surface area (Å²) in [5.74, 6) is 1.77. The number of aliphatic hydroxyl groups is 1. The Balaban J connectivity index is 0.00000341. The van der Waals surface area contributed by atoms with Gasteiger partial charge in [0.05, 0.1) is 25.4 Å². The lowest BCUT2D eigenvalue weighted by molar-refractivity contribution is -0.0201.